The fourth-order valence-electron chi connectivity index (χ4n) is 3.40. The lowest BCUT2D eigenvalue weighted by atomic mass is 10.00. The zero-order valence-corrected chi connectivity index (χ0v) is 14.6. The maximum absolute atomic E-state index is 14.4. The molecule has 0 N–H and O–H groups in total. The number of nitrogens with zero attached hydrogens (tertiary/aromatic N) is 1. The largest absolute Gasteiger partial charge is 0.315 e. The van der Waals surface area contributed by atoms with Crippen LogP contribution in [0, 0.1) is 30.2 Å². The first-order chi connectivity index (χ1) is 13.4. The molecule has 0 spiro atoms. The second-order valence-electron chi connectivity index (χ2n) is 6.40. The van der Waals surface area contributed by atoms with Crippen molar-refractivity contribution in [2.24, 2.45) is 0 Å². The molecule has 2 aromatic heterocycles. The molecule has 0 atom stereocenters. The summed E-state index contributed by atoms with van der Waals surface area (Å²) in [6.45, 7) is 1.72. The van der Waals surface area contributed by atoms with E-state index in [4.69, 9.17) is 0 Å². The minimum absolute atomic E-state index is 0.105. The van der Waals surface area contributed by atoms with Crippen LogP contribution in [0.15, 0.2) is 65.6 Å². The van der Waals surface area contributed by atoms with Gasteiger partial charge in [-0.05, 0) is 42.8 Å². The Morgan fingerprint density at radius 3 is 2.18 bits per heavy atom. The van der Waals surface area contributed by atoms with Gasteiger partial charge in [0, 0.05) is 23.9 Å². The third-order valence-corrected chi connectivity index (χ3v) is 4.64. The molecule has 0 saturated heterocycles. The van der Waals surface area contributed by atoms with Gasteiger partial charge in [-0.1, -0.05) is 12.1 Å². The summed E-state index contributed by atoms with van der Waals surface area (Å²) in [6, 6.07) is 10.8. The maximum Gasteiger partial charge on any atom is 0.190 e. The Labute approximate surface area is 157 Å². The van der Waals surface area contributed by atoms with Gasteiger partial charge >= 0.3 is 0 Å². The normalized spacial score (nSPS) is 11.2. The van der Waals surface area contributed by atoms with Crippen molar-refractivity contribution in [1.29, 1.82) is 0 Å². The fraction of sp³-hybridized carbons (Fsp3) is 0.0455. The first-order valence-electron chi connectivity index (χ1n) is 8.43. The fourth-order valence-corrected chi connectivity index (χ4v) is 3.40. The van der Waals surface area contributed by atoms with Gasteiger partial charge in [0.15, 0.2) is 5.43 Å². The lowest BCUT2D eigenvalue weighted by molar-refractivity contribution is 0.584. The quantitative estimate of drug-likeness (QED) is 0.419. The SMILES string of the molecule is Cc1ccc2c(-c3c(F)cccc3F)c(=O)ccn2c1-c1ccc(F)cc1F. The summed E-state index contributed by atoms with van der Waals surface area (Å²) in [4.78, 5) is 12.5. The summed E-state index contributed by atoms with van der Waals surface area (Å²) in [7, 11) is 0. The summed E-state index contributed by atoms with van der Waals surface area (Å²) in [5.41, 5.74) is 0.128. The first kappa shape index (κ1) is 18.0. The number of rotatable bonds is 2. The van der Waals surface area contributed by atoms with E-state index in [9.17, 15) is 22.4 Å². The molecule has 0 fully saturated rings. The summed E-state index contributed by atoms with van der Waals surface area (Å²) in [5, 5.41) is 0. The second kappa shape index (κ2) is 6.64. The highest BCUT2D eigenvalue weighted by atomic mass is 19.1. The van der Waals surface area contributed by atoms with Gasteiger partial charge in [-0.3, -0.25) is 4.79 Å². The lowest BCUT2D eigenvalue weighted by Gasteiger charge is -2.16. The molecular weight excluding hydrogens is 370 g/mol. The minimum atomic E-state index is -0.875. The average Bonchev–Trinajstić information content (AvgIpc) is 2.64. The van der Waals surface area contributed by atoms with E-state index < -0.39 is 34.3 Å². The van der Waals surface area contributed by atoms with Crippen molar-refractivity contribution in [3.63, 3.8) is 0 Å². The molecular formula is C22H13F4NO. The Morgan fingerprint density at radius 2 is 1.50 bits per heavy atom. The first-order valence-corrected chi connectivity index (χ1v) is 8.43. The van der Waals surface area contributed by atoms with Crippen LogP contribution < -0.4 is 5.43 Å². The lowest BCUT2D eigenvalue weighted by Crippen LogP contribution is -2.11. The standard InChI is InChI=1S/C22H13F4NO/c1-12-5-8-18-21(20-15(24)3-2-4-16(20)25)19(28)9-10-27(18)22(12)14-7-6-13(23)11-17(14)26/h2-11H,1H3. The Balaban J connectivity index is 2.14. The molecule has 2 heterocycles. The molecule has 140 valence electrons. The Hall–Kier alpha value is -3.41. The summed E-state index contributed by atoms with van der Waals surface area (Å²) in [5.74, 6) is -3.26. The van der Waals surface area contributed by atoms with Crippen LogP contribution in [0.1, 0.15) is 5.56 Å². The number of halogens is 4. The Morgan fingerprint density at radius 1 is 0.786 bits per heavy atom. The monoisotopic (exact) mass is 383 g/mol. The van der Waals surface area contributed by atoms with Gasteiger partial charge in [-0.25, -0.2) is 17.6 Å². The van der Waals surface area contributed by atoms with Crippen molar-refractivity contribution in [1.82, 2.24) is 4.40 Å². The Bertz CT molecular complexity index is 1270. The molecule has 0 bridgehead atoms. The number of benzene rings is 2. The highest BCUT2D eigenvalue weighted by Crippen LogP contribution is 2.32. The van der Waals surface area contributed by atoms with E-state index in [-0.39, 0.29) is 16.6 Å². The zero-order valence-electron chi connectivity index (χ0n) is 14.6. The van der Waals surface area contributed by atoms with E-state index >= 15 is 0 Å². The van der Waals surface area contributed by atoms with Crippen molar-refractivity contribution in [3.05, 3.63) is 99.8 Å². The molecule has 4 rings (SSSR count). The number of hydrogen-bond acceptors (Lipinski definition) is 1. The number of aromatic nitrogens is 1. The van der Waals surface area contributed by atoms with Gasteiger partial charge < -0.3 is 4.40 Å². The van der Waals surface area contributed by atoms with E-state index in [1.807, 2.05) is 0 Å². The molecule has 0 aliphatic heterocycles. The highest BCUT2D eigenvalue weighted by Gasteiger charge is 2.20. The molecule has 28 heavy (non-hydrogen) atoms. The molecule has 0 saturated carbocycles. The number of hydrogen-bond donors (Lipinski definition) is 0. The molecule has 0 amide bonds. The predicted octanol–water partition coefficient (Wildman–Crippen LogP) is 5.50. The average molecular weight is 383 g/mol. The van der Waals surface area contributed by atoms with E-state index in [2.05, 4.69) is 0 Å². The molecule has 0 radical (unpaired) electrons. The third kappa shape index (κ3) is 2.78. The number of pyridine rings is 2. The smallest absolute Gasteiger partial charge is 0.190 e. The predicted molar refractivity (Wildman–Crippen MR) is 99.1 cm³/mol. The van der Waals surface area contributed by atoms with Crippen LogP contribution in [0.2, 0.25) is 0 Å². The van der Waals surface area contributed by atoms with Crippen LogP contribution in [0.3, 0.4) is 0 Å². The van der Waals surface area contributed by atoms with Crippen molar-refractivity contribution in [2.45, 2.75) is 6.92 Å². The van der Waals surface area contributed by atoms with Crippen molar-refractivity contribution >= 4 is 5.52 Å². The molecule has 0 aliphatic rings. The van der Waals surface area contributed by atoms with Crippen molar-refractivity contribution < 1.29 is 17.6 Å². The van der Waals surface area contributed by atoms with Crippen molar-refractivity contribution in [2.75, 3.05) is 0 Å². The van der Waals surface area contributed by atoms with Crippen LogP contribution in [0.5, 0.6) is 0 Å². The second-order valence-corrected chi connectivity index (χ2v) is 6.40. The molecule has 0 unspecified atom stereocenters. The van der Waals surface area contributed by atoms with Gasteiger partial charge in [0.05, 0.1) is 22.3 Å². The van der Waals surface area contributed by atoms with Crippen LogP contribution in [0.4, 0.5) is 17.6 Å². The van der Waals surface area contributed by atoms with Gasteiger partial charge in [0.1, 0.15) is 23.3 Å². The van der Waals surface area contributed by atoms with Gasteiger partial charge in [0.2, 0.25) is 0 Å². The Kier molecular flexibility index (Phi) is 4.26. The maximum atomic E-state index is 14.4. The minimum Gasteiger partial charge on any atom is -0.315 e. The number of fused-ring (bicyclic) bond motifs is 1. The van der Waals surface area contributed by atoms with Crippen LogP contribution in [-0.4, -0.2) is 4.40 Å². The molecule has 2 aromatic carbocycles. The molecule has 2 nitrogen and oxygen atoms in total. The van der Waals surface area contributed by atoms with Gasteiger partial charge in [0.25, 0.3) is 0 Å². The summed E-state index contributed by atoms with van der Waals surface area (Å²) in [6.07, 6.45) is 1.41. The van der Waals surface area contributed by atoms with E-state index in [0.29, 0.717) is 11.3 Å². The highest BCUT2D eigenvalue weighted by molar-refractivity contribution is 5.83. The van der Waals surface area contributed by atoms with Gasteiger partial charge in [-0.15, -0.1) is 0 Å². The van der Waals surface area contributed by atoms with Crippen LogP contribution in [0.25, 0.3) is 27.9 Å². The van der Waals surface area contributed by atoms with Crippen molar-refractivity contribution in [3.8, 4) is 22.4 Å². The van der Waals surface area contributed by atoms with Crippen LogP contribution >= 0.6 is 0 Å². The van der Waals surface area contributed by atoms with E-state index in [1.165, 1.54) is 28.8 Å². The van der Waals surface area contributed by atoms with E-state index in [0.717, 1.165) is 24.3 Å². The van der Waals surface area contributed by atoms with Gasteiger partial charge in [-0.2, -0.15) is 0 Å². The topological polar surface area (TPSA) is 21.5 Å². The van der Waals surface area contributed by atoms with Crippen LogP contribution in [-0.2, 0) is 0 Å². The third-order valence-electron chi connectivity index (χ3n) is 4.64. The zero-order chi connectivity index (χ0) is 20.0. The molecule has 4 aromatic rings. The molecule has 0 aliphatic carbocycles. The van der Waals surface area contributed by atoms with E-state index in [1.54, 1.807) is 19.1 Å². The summed E-state index contributed by atoms with van der Waals surface area (Å²) >= 11 is 0. The molecule has 6 heteroatoms. The number of aryl methyl sites for hydroxylation is 1. The summed E-state index contributed by atoms with van der Waals surface area (Å²) < 4.78 is 58.0.